The average molecular weight is 180 g/mol. The zero-order chi connectivity index (χ0) is 8.13. The Balaban J connectivity index is 2.32. The lowest BCUT2D eigenvalue weighted by Crippen LogP contribution is -1.88. The van der Waals surface area contributed by atoms with Crippen molar-refractivity contribution < 1.29 is 4.39 Å². The Morgan fingerprint density at radius 2 is 2.50 bits per heavy atom. The number of hydrogen-bond acceptors (Lipinski definition) is 2. The van der Waals surface area contributed by atoms with E-state index < -0.39 is 0 Å². The molecule has 0 N–H and O–H groups in total. The van der Waals surface area contributed by atoms with Crippen LogP contribution in [0, 0.1) is 5.13 Å². The molecule has 0 amide bonds. The minimum Gasteiger partial charge on any atom is -0.325 e. The van der Waals surface area contributed by atoms with E-state index in [1.165, 1.54) is 11.3 Å². The maximum atomic E-state index is 12.8. The van der Waals surface area contributed by atoms with Crippen LogP contribution in [-0.4, -0.2) is 9.55 Å². The van der Waals surface area contributed by atoms with E-state index in [4.69, 9.17) is 0 Å². The second kappa shape index (κ2) is 1.95. The van der Waals surface area contributed by atoms with Crippen LogP contribution in [-0.2, 0) is 6.54 Å². The molecule has 3 heterocycles. The molecule has 0 atom stereocenters. The summed E-state index contributed by atoms with van der Waals surface area (Å²) < 4.78 is 14.8. The molecule has 1 aliphatic heterocycles. The zero-order valence-electron chi connectivity index (χ0n) is 6.12. The summed E-state index contributed by atoms with van der Waals surface area (Å²) in [6, 6.07) is 1.58. The monoisotopic (exact) mass is 180 g/mol. The molecular weight excluding hydrogens is 175 g/mol. The molecule has 2 nitrogen and oxygen atoms in total. The quantitative estimate of drug-likeness (QED) is 0.518. The summed E-state index contributed by atoms with van der Waals surface area (Å²) in [6.07, 6.45) is 3.55. The summed E-state index contributed by atoms with van der Waals surface area (Å²) in [6.45, 7) is 0.777. The van der Waals surface area contributed by atoms with Gasteiger partial charge in [0, 0.05) is 10.4 Å². The smallest absolute Gasteiger partial charge is 0.177 e. The molecule has 0 aromatic carbocycles. The van der Waals surface area contributed by atoms with Crippen molar-refractivity contribution >= 4 is 11.3 Å². The van der Waals surface area contributed by atoms with Crippen LogP contribution in [0.2, 0.25) is 0 Å². The first-order valence-corrected chi connectivity index (χ1v) is 4.45. The van der Waals surface area contributed by atoms with E-state index in [9.17, 15) is 4.39 Å². The lowest BCUT2D eigenvalue weighted by molar-refractivity contribution is 0.657. The van der Waals surface area contributed by atoms with Gasteiger partial charge in [-0.15, -0.1) is 11.3 Å². The summed E-state index contributed by atoms with van der Waals surface area (Å²) in [4.78, 5) is 5.10. The number of halogens is 1. The second-order valence-electron chi connectivity index (χ2n) is 2.79. The molecule has 2 aromatic heterocycles. The molecule has 60 valence electrons. The zero-order valence-corrected chi connectivity index (χ0v) is 6.94. The number of fused-ring (bicyclic) bond motifs is 3. The highest BCUT2D eigenvalue weighted by Crippen LogP contribution is 2.36. The standard InChI is InChI=1S/C8H5FN2S/c9-8-1-5-6-2-10-4-11(6)3-7(5)12-8/h1-2,4H,3H2. The number of nitrogens with zero attached hydrogens (tertiary/aromatic N) is 2. The topological polar surface area (TPSA) is 17.8 Å². The Labute approximate surface area is 72.3 Å². The Morgan fingerprint density at radius 3 is 3.42 bits per heavy atom. The first kappa shape index (κ1) is 6.37. The molecule has 3 rings (SSSR count). The van der Waals surface area contributed by atoms with Gasteiger partial charge in [-0.3, -0.25) is 0 Å². The van der Waals surface area contributed by atoms with Crippen LogP contribution in [0.25, 0.3) is 11.3 Å². The summed E-state index contributed by atoms with van der Waals surface area (Å²) in [5.74, 6) is 0. The van der Waals surface area contributed by atoms with Crippen molar-refractivity contribution in [1.82, 2.24) is 9.55 Å². The second-order valence-corrected chi connectivity index (χ2v) is 3.88. The number of imidazole rings is 1. The largest absolute Gasteiger partial charge is 0.325 e. The maximum absolute atomic E-state index is 12.8. The van der Waals surface area contributed by atoms with Gasteiger partial charge in [-0.25, -0.2) is 4.98 Å². The predicted molar refractivity (Wildman–Crippen MR) is 44.6 cm³/mol. The Bertz CT molecular complexity index is 444. The van der Waals surface area contributed by atoms with Crippen molar-refractivity contribution in [3.63, 3.8) is 0 Å². The van der Waals surface area contributed by atoms with Crippen molar-refractivity contribution in [2.24, 2.45) is 0 Å². The number of thiophene rings is 1. The van der Waals surface area contributed by atoms with Gasteiger partial charge in [-0.05, 0) is 6.07 Å². The fourth-order valence-electron chi connectivity index (χ4n) is 1.56. The van der Waals surface area contributed by atoms with Gasteiger partial charge in [0.2, 0.25) is 0 Å². The van der Waals surface area contributed by atoms with Gasteiger partial charge < -0.3 is 4.57 Å². The van der Waals surface area contributed by atoms with Crippen molar-refractivity contribution in [1.29, 1.82) is 0 Å². The van der Waals surface area contributed by atoms with E-state index in [1.807, 2.05) is 4.57 Å². The van der Waals surface area contributed by atoms with Gasteiger partial charge in [-0.2, -0.15) is 4.39 Å². The predicted octanol–water partition coefficient (Wildman–Crippen LogP) is 2.11. The fourth-order valence-corrected chi connectivity index (χ4v) is 2.45. The van der Waals surface area contributed by atoms with Crippen LogP contribution >= 0.6 is 11.3 Å². The molecule has 2 aromatic rings. The minimum atomic E-state index is -0.104. The van der Waals surface area contributed by atoms with Crippen molar-refractivity contribution in [2.75, 3.05) is 0 Å². The third-order valence-electron chi connectivity index (χ3n) is 2.08. The van der Waals surface area contributed by atoms with Crippen molar-refractivity contribution in [3.05, 3.63) is 28.6 Å². The number of rotatable bonds is 0. The van der Waals surface area contributed by atoms with Crippen LogP contribution < -0.4 is 0 Å². The molecule has 0 unspecified atom stereocenters. The van der Waals surface area contributed by atoms with E-state index in [-0.39, 0.29) is 5.13 Å². The van der Waals surface area contributed by atoms with E-state index >= 15 is 0 Å². The number of aromatic nitrogens is 2. The van der Waals surface area contributed by atoms with Crippen LogP contribution in [0.3, 0.4) is 0 Å². The van der Waals surface area contributed by atoms with Gasteiger partial charge in [0.05, 0.1) is 24.8 Å². The molecule has 4 heteroatoms. The van der Waals surface area contributed by atoms with Crippen LogP contribution in [0.5, 0.6) is 0 Å². The molecule has 0 fully saturated rings. The third-order valence-corrected chi connectivity index (χ3v) is 2.99. The van der Waals surface area contributed by atoms with E-state index in [0.717, 1.165) is 22.7 Å². The van der Waals surface area contributed by atoms with Crippen LogP contribution in [0.15, 0.2) is 18.6 Å². The lowest BCUT2D eigenvalue weighted by atomic mass is 10.2. The van der Waals surface area contributed by atoms with E-state index in [1.54, 1.807) is 18.6 Å². The highest BCUT2D eigenvalue weighted by atomic mass is 32.1. The lowest BCUT2D eigenvalue weighted by Gasteiger charge is -1.91. The summed E-state index contributed by atoms with van der Waals surface area (Å²) in [7, 11) is 0. The van der Waals surface area contributed by atoms with Crippen LogP contribution in [0.1, 0.15) is 4.88 Å². The molecule has 12 heavy (non-hydrogen) atoms. The summed E-state index contributed by atoms with van der Waals surface area (Å²) in [5, 5.41) is -0.104. The van der Waals surface area contributed by atoms with E-state index in [0.29, 0.717) is 0 Å². The maximum Gasteiger partial charge on any atom is 0.177 e. The Morgan fingerprint density at radius 1 is 1.58 bits per heavy atom. The average Bonchev–Trinajstić information content (AvgIpc) is 2.59. The SMILES string of the molecule is Fc1cc2c(s1)Cn1cncc1-2. The highest BCUT2D eigenvalue weighted by molar-refractivity contribution is 7.10. The molecule has 0 saturated carbocycles. The van der Waals surface area contributed by atoms with Gasteiger partial charge in [-0.1, -0.05) is 0 Å². The van der Waals surface area contributed by atoms with Crippen LogP contribution in [0.4, 0.5) is 4.39 Å². The third kappa shape index (κ3) is 0.653. The first-order chi connectivity index (χ1) is 5.84. The highest BCUT2D eigenvalue weighted by Gasteiger charge is 2.21. The Hall–Kier alpha value is -1.16. The summed E-state index contributed by atoms with van der Waals surface area (Å²) in [5.41, 5.74) is 2.04. The molecule has 0 spiro atoms. The Kier molecular flexibility index (Phi) is 1.04. The fraction of sp³-hybridized carbons (Fsp3) is 0.125. The molecule has 0 saturated heterocycles. The van der Waals surface area contributed by atoms with Crippen molar-refractivity contribution in [3.8, 4) is 11.3 Å². The van der Waals surface area contributed by atoms with E-state index in [2.05, 4.69) is 4.98 Å². The molecule has 0 aliphatic carbocycles. The molecule has 0 radical (unpaired) electrons. The van der Waals surface area contributed by atoms with Gasteiger partial charge in [0.25, 0.3) is 0 Å². The normalized spacial score (nSPS) is 13.1. The molecular formula is C8H5FN2S. The number of hydrogen-bond donors (Lipinski definition) is 0. The molecule has 1 aliphatic rings. The summed E-state index contributed by atoms with van der Waals surface area (Å²) >= 11 is 1.22. The minimum absolute atomic E-state index is 0.104. The molecule has 0 bridgehead atoms. The van der Waals surface area contributed by atoms with Gasteiger partial charge >= 0.3 is 0 Å². The van der Waals surface area contributed by atoms with Crippen molar-refractivity contribution in [2.45, 2.75) is 6.54 Å². The van der Waals surface area contributed by atoms with Gasteiger partial charge in [0.1, 0.15) is 0 Å². The van der Waals surface area contributed by atoms with Gasteiger partial charge in [0.15, 0.2) is 5.13 Å². The first-order valence-electron chi connectivity index (χ1n) is 3.63.